The van der Waals surface area contributed by atoms with E-state index >= 15 is 0 Å². The molecular weight excluding hydrogens is 316 g/mol. The van der Waals surface area contributed by atoms with Crippen LogP contribution in [0.2, 0.25) is 0 Å². The SMILES string of the molecule is CCc1ccc(C(=O)N2CCN(c3cc(C)nc(C(C)C)n3)CC2)o1. The lowest BCUT2D eigenvalue weighted by atomic mass is 10.2. The molecule has 0 spiro atoms. The highest BCUT2D eigenvalue weighted by Crippen LogP contribution is 2.20. The lowest BCUT2D eigenvalue weighted by Crippen LogP contribution is -2.49. The first kappa shape index (κ1) is 17.5. The second kappa shape index (κ2) is 7.25. The van der Waals surface area contributed by atoms with Crippen molar-refractivity contribution in [1.29, 1.82) is 0 Å². The maximum Gasteiger partial charge on any atom is 0.289 e. The van der Waals surface area contributed by atoms with Crippen molar-refractivity contribution in [1.82, 2.24) is 14.9 Å². The zero-order chi connectivity index (χ0) is 18.0. The Morgan fingerprint density at radius 1 is 1.20 bits per heavy atom. The van der Waals surface area contributed by atoms with Gasteiger partial charge in [-0.1, -0.05) is 20.8 Å². The van der Waals surface area contributed by atoms with Crippen LogP contribution in [0.4, 0.5) is 5.82 Å². The minimum absolute atomic E-state index is 0.0268. The van der Waals surface area contributed by atoms with E-state index in [9.17, 15) is 4.79 Å². The van der Waals surface area contributed by atoms with Gasteiger partial charge in [0.05, 0.1) is 0 Å². The Kier molecular flexibility index (Phi) is 5.06. The van der Waals surface area contributed by atoms with E-state index in [1.54, 1.807) is 6.07 Å². The third-order valence-corrected chi connectivity index (χ3v) is 4.49. The molecule has 0 bridgehead atoms. The summed E-state index contributed by atoms with van der Waals surface area (Å²) in [4.78, 5) is 25.8. The van der Waals surface area contributed by atoms with E-state index in [1.165, 1.54) is 0 Å². The van der Waals surface area contributed by atoms with Gasteiger partial charge in [-0.15, -0.1) is 0 Å². The summed E-state index contributed by atoms with van der Waals surface area (Å²) in [7, 11) is 0. The fourth-order valence-corrected chi connectivity index (χ4v) is 2.97. The number of furan rings is 1. The summed E-state index contributed by atoms with van der Waals surface area (Å²) in [6, 6.07) is 5.67. The fourth-order valence-electron chi connectivity index (χ4n) is 2.97. The molecule has 1 aliphatic rings. The van der Waals surface area contributed by atoms with Crippen molar-refractivity contribution in [2.24, 2.45) is 0 Å². The van der Waals surface area contributed by atoms with Gasteiger partial charge in [-0.25, -0.2) is 9.97 Å². The van der Waals surface area contributed by atoms with Crippen LogP contribution in [0.1, 0.15) is 54.5 Å². The topological polar surface area (TPSA) is 62.5 Å². The Bertz CT molecular complexity index is 746. The van der Waals surface area contributed by atoms with Crippen LogP contribution in [0.5, 0.6) is 0 Å². The van der Waals surface area contributed by atoms with E-state index in [4.69, 9.17) is 9.40 Å². The van der Waals surface area contributed by atoms with Crippen LogP contribution < -0.4 is 4.90 Å². The molecule has 2 aromatic heterocycles. The van der Waals surface area contributed by atoms with Gasteiger partial charge in [0.1, 0.15) is 17.4 Å². The van der Waals surface area contributed by atoms with Crippen LogP contribution in [0.25, 0.3) is 0 Å². The molecule has 1 aliphatic heterocycles. The van der Waals surface area contributed by atoms with Gasteiger partial charge in [-0.2, -0.15) is 0 Å². The molecule has 0 radical (unpaired) electrons. The number of aromatic nitrogens is 2. The third kappa shape index (κ3) is 3.83. The van der Waals surface area contributed by atoms with Crippen LogP contribution in [0.15, 0.2) is 22.6 Å². The summed E-state index contributed by atoms with van der Waals surface area (Å²) >= 11 is 0. The molecule has 0 aliphatic carbocycles. The molecule has 6 nitrogen and oxygen atoms in total. The Hall–Kier alpha value is -2.37. The second-order valence-electron chi connectivity index (χ2n) is 6.78. The molecule has 1 amide bonds. The van der Waals surface area contributed by atoms with Crippen LogP contribution in [-0.4, -0.2) is 47.0 Å². The van der Waals surface area contributed by atoms with E-state index in [-0.39, 0.29) is 5.91 Å². The number of piperazine rings is 1. The van der Waals surface area contributed by atoms with Crippen LogP contribution in [-0.2, 0) is 6.42 Å². The van der Waals surface area contributed by atoms with Crippen molar-refractivity contribution in [3.63, 3.8) is 0 Å². The zero-order valence-electron chi connectivity index (χ0n) is 15.5. The van der Waals surface area contributed by atoms with Crippen LogP contribution in [0.3, 0.4) is 0 Å². The zero-order valence-corrected chi connectivity index (χ0v) is 15.5. The van der Waals surface area contributed by atoms with E-state index in [2.05, 4.69) is 23.7 Å². The summed E-state index contributed by atoms with van der Waals surface area (Å²) < 4.78 is 5.59. The molecule has 0 aromatic carbocycles. The molecule has 6 heteroatoms. The molecule has 3 rings (SSSR count). The van der Waals surface area contributed by atoms with Crippen molar-refractivity contribution in [2.45, 2.75) is 40.0 Å². The Balaban J connectivity index is 1.66. The van der Waals surface area contributed by atoms with Gasteiger partial charge in [0.15, 0.2) is 5.76 Å². The van der Waals surface area contributed by atoms with Gasteiger partial charge in [0, 0.05) is 50.3 Å². The van der Waals surface area contributed by atoms with Crippen LogP contribution in [0, 0.1) is 6.92 Å². The molecule has 1 saturated heterocycles. The minimum atomic E-state index is -0.0268. The highest BCUT2D eigenvalue weighted by molar-refractivity contribution is 5.91. The van der Waals surface area contributed by atoms with Gasteiger partial charge >= 0.3 is 0 Å². The van der Waals surface area contributed by atoms with Gasteiger partial charge in [-0.3, -0.25) is 4.79 Å². The molecule has 0 unspecified atom stereocenters. The average molecular weight is 342 g/mol. The monoisotopic (exact) mass is 342 g/mol. The average Bonchev–Trinajstić information content (AvgIpc) is 3.10. The summed E-state index contributed by atoms with van der Waals surface area (Å²) in [6.45, 7) is 11.1. The number of carbonyl (C=O) groups is 1. The molecule has 0 N–H and O–H groups in total. The first-order valence-electron chi connectivity index (χ1n) is 8.96. The number of rotatable bonds is 4. The van der Waals surface area contributed by atoms with Gasteiger partial charge in [0.2, 0.25) is 0 Å². The molecule has 1 fully saturated rings. The smallest absolute Gasteiger partial charge is 0.289 e. The third-order valence-electron chi connectivity index (χ3n) is 4.49. The molecule has 3 heterocycles. The first-order valence-corrected chi connectivity index (χ1v) is 8.96. The number of anilines is 1. The predicted molar refractivity (Wildman–Crippen MR) is 97.1 cm³/mol. The van der Waals surface area contributed by atoms with Crippen molar-refractivity contribution < 1.29 is 9.21 Å². The van der Waals surface area contributed by atoms with Crippen molar-refractivity contribution in [2.75, 3.05) is 31.1 Å². The molecule has 134 valence electrons. The normalized spacial score (nSPS) is 15.1. The Morgan fingerprint density at radius 2 is 1.92 bits per heavy atom. The van der Waals surface area contributed by atoms with Crippen molar-refractivity contribution in [3.05, 3.63) is 41.2 Å². The predicted octanol–water partition coefficient (Wildman–Crippen LogP) is 3.03. The summed E-state index contributed by atoms with van der Waals surface area (Å²) in [6.07, 6.45) is 0.798. The number of nitrogens with zero attached hydrogens (tertiary/aromatic N) is 4. The minimum Gasteiger partial charge on any atom is -0.456 e. The van der Waals surface area contributed by atoms with E-state index < -0.39 is 0 Å². The quantitative estimate of drug-likeness (QED) is 0.855. The Morgan fingerprint density at radius 3 is 2.52 bits per heavy atom. The number of carbonyl (C=O) groups excluding carboxylic acids is 1. The molecular formula is C19H26N4O2. The highest BCUT2D eigenvalue weighted by Gasteiger charge is 2.25. The molecule has 2 aromatic rings. The second-order valence-corrected chi connectivity index (χ2v) is 6.78. The summed E-state index contributed by atoms with van der Waals surface area (Å²) in [5.41, 5.74) is 0.981. The fraction of sp³-hybridized carbons (Fsp3) is 0.526. The Labute approximate surface area is 148 Å². The number of hydrogen-bond acceptors (Lipinski definition) is 5. The van der Waals surface area contributed by atoms with Gasteiger partial charge in [-0.05, 0) is 19.1 Å². The number of amides is 1. The highest BCUT2D eigenvalue weighted by atomic mass is 16.4. The summed E-state index contributed by atoms with van der Waals surface area (Å²) in [5.74, 6) is 3.38. The molecule has 0 atom stereocenters. The lowest BCUT2D eigenvalue weighted by molar-refractivity contribution is 0.0712. The molecule has 0 saturated carbocycles. The largest absolute Gasteiger partial charge is 0.456 e. The van der Waals surface area contributed by atoms with Crippen LogP contribution >= 0.6 is 0 Å². The van der Waals surface area contributed by atoms with Gasteiger partial charge < -0.3 is 14.2 Å². The first-order chi connectivity index (χ1) is 12.0. The van der Waals surface area contributed by atoms with Gasteiger partial charge in [0.25, 0.3) is 5.91 Å². The van der Waals surface area contributed by atoms with Crippen molar-refractivity contribution in [3.8, 4) is 0 Å². The summed E-state index contributed by atoms with van der Waals surface area (Å²) in [5, 5.41) is 0. The van der Waals surface area contributed by atoms with Crippen molar-refractivity contribution >= 4 is 11.7 Å². The maximum absolute atomic E-state index is 12.6. The van der Waals surface area contributed by atoms with E-state index in [0.717, 1.165) is 42.6 Å². The maximum atomic E-state index is 12.6. The standard InChI is InChI=1S/C19H26N4O2/c1-5-15-6-7-16(25-15)19(24)23-10-8-22(9-11-23)17-12-14(4)20-18(21-17)13(2)3/h6-7,12-13H,5,8-11H2,1-4H3. The number of aryl methyl sites for hydroxylation is 2. The molecule has 25 heavy (non-hydrogen) atoms. The van der Waals surface area contributed by atoms with E-state index in [1.807, 2.05) is 30.9 Å². The lowest BCUT2D eigenvalue weighted by Gasteiger charge is -2.35. The number of hydrogen-bond donors (Lipinski definition) is 0. The van der Waals surface area contributed by atoms with E-state index in [0.29, 0.717) is 24.8 Å².